The quantitative estimate of drug-likeness (QED) is 0.734. The Balaban J connectivity index is 1.71. The summed E-state index contributed by atoms with van der Waals surface area (Å²) in [7, 11) is -2.08. The molecule has 0 aliphatic carbocycles. The van der Waals surface area contributed by atoms with E-state index < -0.39 is 33.2 Å². The van der Waals surface area contributed by atoms with Crippen molar-refractivity contribution in [1.29, 1.82) is 0 Å². The number of likely N-dealkylation sites (tertiary alicyclic amines) is 1. The summed E-state index contributed by atoms with van der Waals surface area (Å²) in [5.74, 6) is -2.55. The van der Waals surface area contributed by atoms with Gasteiger partial charge in [-0.1, -0.05) is 30.4 Å². The number of aromatic nitrogens is 1. The van der Waals surface area contributed by atoms with E-state index in [1.54, 1.807) is 16.5 Å². The molecule has 2 heterocycles. The van der Waals surface area contributed by atoms with Crippen molar-refractivity contribution in [1.82, 2.24) is 9.47 Å². The van der Waals surface area contributed by atoms with Crippen molar-refractivity contribution in [2.45, 2.75) is 38.6 Å². The third-order valence-electron chi connectivity index (χ3n) is 5.04. The molecule has 28 heavy (non-hydrogen) atoms. The minimum Gasteiger partial charge on any atom is -0.339 e. The Kier molecular flexibility index (Phi) is 6.34. The summed E-state index contributed by atoms with van der Waals surface area (Å²) >= 11 is 1.32. The fourth-order valence-corrected chi connectivity index (χ4v) is 5.71. The van der Waals surface area contributed by atoms with Crippen LogP contribution < -0.4 is 4.80 Å². The van der Waals surface area contributed by atoms with Crippen molar-refractivity contribution >= 4 is 43.2 Å². The van der Waals surface area contributed by atoms with Crippen LogP contribution in [0.1, 0.15) is 32.6 Å². The predicted molar refractivity (Wildman–Crippen MR) is 110 cm³/mol. The smallest absolute Gasteiger partial charge is 0.263 e. The van der Waals surface area contributed by atoms with Crippen LogP contribution in [0.25, 0.3) is 10.2 Å². The number of para-hydroxylation sites is 1. The lowest BCUT2D eigenvalue weighted by Gasteiger charge is -2.35. The number of amides is 2. The number of rotatable bonds is 5. The van der Waals surface area contributed by atoms with Crippen LogP contribution in [0.5, 0.6) is 0 Å². The number of aryl methyl sites for hydroxylation is 1. The summed E-state index contributed by atoms with van der Waals surface area (Å²) in [5.41, 5.74) is 0.924. The van der Waals surface area contributed by atoms with E-state index in [0.29, 0.717) is 11.3 Å². The van der Waals surface area contributed by atoms with Gasteiger partial charge in [0.15, 0.2) is 14.6 Å². The molecule has 1 aromatic carbocycles. The molecule has 1 aliphatic rings. The predicted octanol–water partition coefficient (Wildman–Crippen LogP) is 1.87. The lowest BCUT2D eigenvalue weighted by Crippen LogP contribution is -2.46. The molecular weight excluding hydrogens is 398 g/mol. The number of fused-ring (bicyclic) bond motifs is 1. The van der Waals surface area contributed by atoms with Crippen LogP contribution in [0.15, 0.2) is 29.3 Å². The molecule has 3 rings (SSSR count). The van der Waals surface area contributed by atoms with Crippen LogP contribution in [-0.2, 0) is 26.5 Å². The second-order valence-corrected chi connectivity index (χ2v) is 10.2. The summed E-state index contributed by atoms with van der Waals surface area (Å²) in [4.78, 5) is 30.8. The highest BCUT2D eigenvalue weighted by Crippen LogP contribution is 2.20. The zero-order valence-corrected chi connectivity index (χ0v) is 17.8. The van der Waals surface area contributed by atoms with Gasteiger partial charge in [-0.2, -0.15) is 4.99 Å². The van der Waals surface area contributed by atoms with Crippen molar-refractivity contribution in [3.8, 4) is 0 Å². The van der Waals surface area contributed by atoms with Gasteiger partial charge in [0.1, 0.15) is 11.5 Å². The van der Waals surface area contributed by atoms with Gasteiger partial charge in [0.25, 0.3) is 5.91 Å². The maximum atomic E-state index is 12.5. The molecule has 1 atom stereocenters. The fourth-order valence-electron chi connectivity index (χ4n) is 3.59. The molecule has 1 unspecified atom stereocenters. The summed E-state index contributed by atoms with van der Waals surface area (Å²) in [5, 5.41) is 0. The van der Waals surface area contributed by atoms with Crippen molar-refractivity contribution < 1.29 is 18.0 Å². The topological polar surface area (TPSA) is 88.8 Å². The molecule has 0 saturated carbocycles. The first-order chi connectivity index (χ1) is 13.3. The average molecular weight is 424 g/mol. The standard InChI is InChI=1S/C19H25N3O4S2/c1-3-14-8-6-7-11-22(14)18(24)13-28(25,26)12-17(23)20-19-21(2)15-9-4-5-10-16(15)27-19/h4-5,9-10,14H,3,6-8,11-13H2,1-2H3. The van der Waals surface area contributed by atoms with Crippen molar-refractivity contribution in [2.24, 2.45) is 12.0 Å². The van der Waals surface area contributed by atoms with Gasteiger partial charge in [-0.05, 0) is 37.8 Å². The fraction of sp³-hybridized carbons (Fsp3) is 0.526. The summed E-state index contributed by atoms with van der Waals surface area (Å²) < 4.78 is 27.5. The third-order valence-corrected chi connectivity index (χ3v) is 7.53. The Hall–Kier alpha value is -2.00. The van der Waals surface area contributed by atoms with Gasteiger partial charge in [-0.25, -0.2) is 8.42 Å². The zero-order chi connectivity index (χ0) is 20.3. The number of hydrogen-bond acceptors (Lipinski definition) is 5. The zero-order valence-electron chi connectivity index (χ0n) is 16.1. The Morgan fingerprint density at radius 3 is 2.68 bits per heavy atom. The van der Waals surface area contributed by atoms with E-state index >= 15 is 0 Å². The molecule has 1 aromatic heterocycles. The Bertz CT molecular complexity index is 1050. The summed E-state index contributed by atoms with van der Waals surface area (Å²) in [6, 6.07) is 7.70. The molecule has 1 saturated heterocycles. The molecular formula is C19H25N3O4S2. The number of carbonyl (C=O) groups is 2. The van der Waals surface area contributed by atoms with Crippen LogP contribution >= 0.6 is 11.3 Å². The van der Waals surface area contributed by atoms with E-state index in [2.05, 4.69) is 4.99 Å². The Morgan fingerprint density at radius 1 is 1.21 bits per heavy atom. The number of nitrogens with zero attached hydrogens (tertiary/aromatic N) is 3. The number of thiazole rings is 1. The summed E-state index contributed by atoms with van der Waals surface area (Å²) in [6.45, 7) is 2.58. The minimum atomic E-state index is -3.86. The SMILES string of the molecule is CCC1CCCCN1C(=O)CS(=O)(=O)CC(=O)N=c1sc2ccccc2n1C. The van der Waals surface area contributed by atoms with E-state index in [9.17, 15) is 18.0 Å². The van der Waals surface area contributed by atoms with Gasteiger partial charge in [0.05, 0.1) is 10.2 Å². The van der Waals surface area contributed by atoms with E-state index in [1.807, 2.05) is 31.2 Å². The van der Waals surface area contributed by atoms with Crippen molar-refractivity contribution in [2.75, 3.05) is 18.1 Å². The maximum Gasteiger partial charge on any atom is 0.263 e. The lowest BCUT2D eigenvalue weighted by molar-refractivity contribution is -0.132. The molecule has 0 radical (unpaired) electrons. The van der Waals surface area contributed by atoms with Gasteiger partial charge in [0.2, 0.25) is 5.91 Å². The Morgan fingerprint density at radius 2 is 1.96 bits per heavy atom. The van der Waals surface area contributed by atoms with Gasteiger partial charge in [-0.3, -0.25) is 9.59 Å². The van der Waals surface area contributed by atoms with E-state index in [4.69, 9.17) is 0 Å². The molecule has 9 heteroatoms. The second kappa shape index (κ2) is 8.57. The number of hydrogen-bond donors (Lipinski definition) is 0. The van der Waals surface area contributed by atoms with E-state index in [-0.39, 0.29) is 6.04 Å². The first kappa shape index (κ1) is 20.7. The van der Waals surface area contributed by atoms with E-state index in [1.165, 1.54) is 11.3 Å². The molecule has 1 aliphatic heterocycles. The van der Waals surface area contributed by atoms with Gasteiger partial charge >= 0.3 is 0 Å². The molecule has 2 amide bonds. The highest BCUT2D eigenvalue weighted by molar-refractivity contribution is 7.92. The second-order valence-electron chi connectivity index (χ2n) is 7.09. The van der Waals surface area contributed by atoms with Crippen LogP contribution in [-0.4, -0.2) is 53.8 Å². The van der Waals surface area contributed by atoms with Gasteiger partial charge in [-0.15, -0.1) is 0 Å². The third kappa shape index (κ3) is 4.70. The molecule has 2 aromatic rings. The normalized spacial score (nSPS) is 18.6. The van der Waals surface area contributed by atoms with Crippen LogP contribution in [0.3, 0.4) is 0 Å². The number of piperidine rings is 1. The molecule has 0 spiro atoms. The maximum absolute atomic E-state index is 12.5. The number of benzene rings is 1. The van der Waals surface area contributed by atoms with Crippen LogP contribution in [0.2, 0.25) is 0 Å². The number of carbonyl (C=O) groups excluding carboxylic acids is 2. The van der Waals surface area contributed by atoms with Gasteiger partial charge in [0, 0.05) is 19.6 Å². The highest BCUT2D eigenvalue weighted by Gasteiger charge is 2.29. The molecule has 1 fully saturated rings. The van der Waals surface area contributed by atoms with Crippen molar-refractivity contribution in [3.05, 3.63) is 29.1 Å². The largest absolute Gasteiger partial charge is 0.339 e. The Labute approximate surface area is 168 Å². The minimum absolute atomic E-state index is 0.0921. The monoisotopic (exact) mass is 423 g/mol. The molecule has 7 nitrogen and oxygen atoms in total. The average Bonchev–Trinajstić information content (AvgIpc) is 2.96. The molecule has 152 valence electrons. The van der Waals surface area contributed by atoms with Gasteiger partial charge < -0.3 is 9.47 Å². The van der Waals surface area contributed by atoms with Crippen LogP contribution in [0.4, 0.5) is 0 Å². The highest BCUT2D eigenvalue weighted by atomic mass is 32.2. The van der Waals surface area contributed by atoms with Crippen molar-refractivity contribution in [3.63, 3.8) is 0 Å². The first-order valence-electron chi connectivity index (χ1n) is 9.42. The van der Waals surface area contributed by atoms with Crippen LogP contribution in [0, 0.1) is 0 Å². The summed E-state index contributed by atoms with van der Waals surface area (Å²) in [6.07, 6.45) is 3.65. The molecule has 0 N–H and O–H groups in total. The number of sulfone groups is 1. The molecule has 0 bridgehead atoms. The lowest BCUT2D eigenvalue weighted by atomic mass is 10.0. The van der Waals surface area contributed by atoms with E-state index in [0.717, 1.165) is 35.9 Å². The first-order valence-corrected chi connectivity index (χ1v) is 12.1.